The van der Waals surface area contributed by atoms with Crippen LogP contribution >= 0.6 is 0 Å². The zero-order chi connectivity index (χ0) is 10.1. The molecule has 0 bridgehead atoms. The van der Waals surface area contributed by atoms with Crippen molar-refractivity contribution in [3.05, 3.63) is 22.2 Å². The number of H-pyrrole nitrogens is 1. The summed E-state index contributed by atoms with van der Waals surface area (Å²) in [6.45, 7) is 0. The summed E-state index contributed by atoms with van der Waals surface area (Å²) in [5, 5.41) is 0. The van der Waals surface area contributed by atoms with Gasteiger partial charge in [-0.3, -0.25) is 4.79 Å². The SMILES string of the molecule is COC(c1nc(N)cc(=O)[nH]1)C1CC1. The minimum Gasteiger partial charge on any atom is -0.383 e. The predicted octanol–water partition coefficient (Wildman–Crippen LogP) is 0.450. The first-order chi connectivity index (χ1) is 6.70. The Hall–Kier alpha value is -1.36. The highest BCUT2D eigenvalue weighted by Crippen LogP contribution is 2.41. The van der Waals surface area contributed by atoms with Crippen molar-refractivity contribution in [1.29, 1.82) is 0 Å². The maximum atomic E-state index is 11.1. The number of nitrogens with one attached hydrogen (secondary N) is 1. The molecular formula is C9H13N3O2. The van der Waals surface area contributed by atoms with Crippen molar-refractivity contribution in [3.63, 3.8) is 0 Å². The van der Waals surface area contributed by atoms with Gasteiger partial charge in [0, 0.05) is 13.2 Å². The Morgan fingerprint density at radius 2 is 2.43 bits per heavy atom. The van der Waals surface area contributed by atoms with Crippen molar-refractivity contribution in [3.8, 4) is 0 Å². The van der Waals surface area contributed by atoms with E-state index < -0.39 is 0 Å². The molecule has 0 amide bonds. The molecule has 76 valence electrons. The van der Waals surface area contributed by atoms with E-state index in [-0.39, 0.29) is 17.5 Å². The Bertz CT molecular complexity index is 384. The maximum absolute atomic E-state index is 11.1. The summed E-state index contributed by atoms with van der Waals surface area (Å²) in [7, 11) is 1.62. The van der Waals surface area contributed by atoms with Gasteiger partial charge in [-0.1, -0.05) is 0 Å². The first-order valence-corrected chi connectivity index (χ1v) is 4.60. The van der Waals surface area contributed by atoms with Crippen molar-refractivity contribution in [2.24, 2.45) is 5.92 Å². The van der Waals surface area contributed by atoms with Gasteiger partial charge in [0.05, 0.1) is 0 Å². The smallest absolute Gasteiger partial charge is 0.253 e. The number of nitrogens with zero attached hydrogens (tertiary/aromatic N) is 1. The molecule has 1 unspecified atom stereocenters. The van der Waals surface area contributed by atoms with Gasteiger partial charge in [0.25, 0.3) is 5.56 Å². The van der Waals surface area contributed by atoms with E-state index in [1.165, 1.54) is 6.07 Å². The molecule has 1 aliphatic rings. The van der Waals surface area contributed by atoms with Gasteiger partial charge in [0.1, 0.15) is 17.7 Å². The summed E-state index contributed by atoms with van der Waals surface area (Å²) in [6, 6.07) is 1.27. The van der Waals surface area contributed by atoms with Crippen LogP contribution in [0.5, 0.6) is 0 Å². The van der Waals surface area contributed by atoms with Gasteiger partial charge in [-0.15, -0.1) is 0 Å². The molecule has 0 aromatic carbocycles. The lowest BCUT2D eigenvalue weighted by Gasteiger charge is -2.13. The van der Waals surface area contributed by atoms with E-state index in [2.05, 4.69) is 9.97 Å². The minimum absolute atomic E-state index is 0.119. The number of aromatic amines is 1. The second-order valence-electron chi connectivity index (χ2n) is 3.55. The van der Waals surface area contributed by atoms with Gasteiger partial charge in [-0.2, -0.15) is 0 Å². The highest BCUT2D eigenvalue weighted by atomic mass is 16.5. The summed E-state index contributed by atoms with van der Waals surface area (Å²) < 4.78 is 5.28. The van der Waals surface area contributed by atoms with Crippen LogP contribution in [0.4, 0.5) is 5.82 Å². The molecule has 5 heteroatoms. The highest BCUT2D eigenvalue weighted by molar-refractivity contribution is 5.26. The van der Waals surface area contributed by atoms with Crippen LogP contribution in [-0.4, -0.2) is 17.1 Å². The summed E-state index contributed by atoms with van der Waals surface area (Å²) >= 11 is 0. The topological polar surface area (TPSA) is 81.0 Å². The van der Waals surface area contributed by atoms with Crippen LogP contribution in [0.25, 0.3) is 0 Å². The predicted molar refractivity (Wildman–Crippen MR) is 51.7 cm³/mol. The second kappa shape index (κ2) is 3.42. The number of hydrogen-bond acceptors (Lipinski definition) is 4. The largest absolute Gasteiger partial charge is 0.383 e. The molecule has 0 spiro atoms. The van der Waals surface area contributed by atoms with Crippen LogP contribution in [0.3, 0.4) is 0 Å². The number of ether oxygens (including phenoxy) is 1. The van der Waals surface area contributed by atoms with Crippen molar-refractivity contribution in [2.75, 3.05) is 12.8 Å². The highest BCUT2D eigenvalue weighted by Gasteiger charge is 2.34. The van der Waals surface area contributed by atoms with E-state index >= 15 is 0 Å². The fourth-order valence-corrected chi connectivity index (χ4v) is 1.56. The standard InChI is InChI=1S/C9H13N3O2/c1-14-8(5-2-3-5)9-11-6(10)4-7(13)12-9/h4-5,8H,2-3H2,1H3,(H3,10,11,12,13). The normalized spacial score (nSPS) is 18.1. The van der Waals surface area contributed by atoms with Crippen LogP contribution in [0.2, 0.25) is 0 Å². The molecular weight excluding hydrogens is 182 g/mol. The van der Waals surface area contributed by atoms with Crippen LogP contribution in [-0.2, 0) is 4.74 Å². The van der Waals surface area contributed by atoms with E-state index in [0.717, 1.165) is 12.8 Å². The third-order valence-corrected chi connectivity index (χ3v) is 2.35. The van der Waals surface area contributed by atoms with E-state index in [4.69, 9.17) is 10.5 Å². The Kier molecular flexibility index (Phi) is 2.25. The zero-order valence-electron chi connectivity index (χ0n) is 7.99. The third-order valence-electron chi connectivity index (χ3n) is 2.35. The van der Waals surface area contributed by atoms with Crippen LogP contribution in [0, 0.1) is 5.92 Å². The van der Waals surface area contributed by atoms with E-state index in [1.54, 1.807) is 7.11 Å². The molecule has 0 aliphatic heterocycles. The van der Waals surface area contributed by atoms with Crippen LogP contribution in [0.1, 0.15) is 24.8 Å². The van der Waals surface area contributed by atoms with E-state index in [1.807, 2.05) is 0 Å². The molecule has 5 nitrogen and oxygen atoms in total. The minimum atomic E-state index is -0.227. The summed E-state index contributed by atoms with van der Waals surface area (Å²) in [5.74, 6) is 1.26. The number of rotatable bonds is 3. The molecule has 1 aliphatic carbocycles. The molecule has 1 atom stereocenters. The quantitative estimate of drug-likeness (QED) is 0.733. The number of aromatic nitrogens is 2. The fourth-order valence-electron chi connectivity index (χ4n) is 1.56. The van der Waals surface area contributed by atoms with Crippen molar-refractivity contribution in [2.45, 2.75) is 18.9 Å². The first kappa shape index (κ1) is 9.21. The zero-order valence-corrected chi connectivity index (χ0v) is 7.99. The Balaban J connectivity index is 2.33. The van der Waals surface area contributed by atoms with Gasteiger partial charge in [-0.05, 0) is 18.8 Å². The summed E-state index contributed by atoms with van der Waals surface area (Å²) in [6.07, 6.45) is 2.12. The molecule has 1 heterocycles. The van der Waals surface area contributed by atoms with Gasteiger partial charge in [0.15, 0.2) is 0 Å². The molecule has 0 saturated heterocycles. The molecule has 1 saturated carbocycles. The second-order valence-corrected chi connectivity index (χ2v) is 3.55. The molecule has 3 N–H and O–H groups in total. The van der Waals surface area contributed by atoms with E-state index in [9.17, 15) is 4.79 Å². The molecule has 1 fully saturated rings. The van der Waals surface area contributed by atoms with Gasteiger partial charge < -0.3 is 15.5 Å². The molecule has 1 aromatic heterocycles. The van der Waals surface area contributed by atoms with Gasteiger partial charge in [0.2, 0.25) is 0 Å². The summed E-state index contributed by atoms with van der Waals surface area (Å²) in [5.41, 5.74) is 5.26. The van der Waals surface area contributed by atoms with Crippen molar-refractivity contribution >= 4 is 5.82 Å². The molecule has 1 aromatic rings. The third kappa shape index (κ3) is 1.77. The van der Waals surface area contributed by atoms with Crippen molar-refractivity contribution < 1.29 is 4.74 Å². The van der Waals surface area contributed by atoms with Crippen molar-refractivity contribution in [1.82, 2.24) is 9.97 Å². The lowest BCUT2D eigenvalue weighted by Crippen LogP contribution is -2.17. The number of methoxy groups -OCH3 is 1. The van der Waals surface area contributed by atoms with Gasteiger partial charge >= 0.3 is 0 Å². The van der Waals surface area contributed by atoms with E-state index in [0.29, 0.717) is 11.7 Å². The summed E-state index contributed by atoms with van der Waals surface area (Å²) in [4.78, 5) is 17.9. The molecule has 0 radical (unpaired) electrons. The Labute approximate surface area is 81.3 Å². The Morgan fingerprint density at radius 1 is 1.71 bits per heavy atom. The molecule has 2 rings (SSSR count). The molecule has 14 heavy (non-hydrogen) atoms. The average molecular weight is 195 g/mol. The fraction of sp³-hybridized carbons (Fsp3) is 0.556. The lowest BCUT2D eigenvalue weighted by atomic mass is 10.2. The monoisotopic (exact) mass is 195 g/mol. The number of nitrogens with two attached hydrogens (primary N) is 1. The Morgan fingerprint density at radius 3 is 2.93 bits per heavy atom. The number of nitrogen functional groups attached to an aromatic ring is 1. The average Bonchev–Trinajstić information content (AvgIpc) is 2.87. The lowest BCUT2D eigenvalue weighted by molar-refractivity contribution is 0.0771. The van der Waals surface area contributed by atoms with Gasteiger partial charge in [-0.25, -0.2) is 4.98 Å². The number of hydrogen-bond donors (Lipinski definition) is 2. The maximum Gasteiger partial charge on any atom is 0.253 e. The van der Waals surface area contributed by atoms with Crippen LogP contribution < -0.4 is 11.3 Å². The number of anilines is 1. The van der Waals surface area contributed by atoms with Crippen LogP contribution in [0.15, 0.2) is 10.9 Å². The first-order valence-electron chi connectivity index (χ1n) is 4.60.